The fourth-order valence-corrected chi connectivity index (χ4v) is 3.74. The van der Waals surface area contributed by atoms with Gasteiger partial charge >= 0.3 is 0 Å². The van der Waals surface area contributed by atoms with E-state index in [1.54, 1.807) is 4.90 Å². The summed E-state index contributed by atoms with van der Waals surface area (Å²) in [6.07, 6.45) is 0.965. The summed E-state index contributed by atoms with van der Waals surface area (Å²) in [5.41, 5.74) is 2.64. The van der Waals surface area contributed by atoms with E-state index in [9.17, 15) is 4.79 Å². The third kappa shape index (κ3) is 4.55. The van der Waals surface area contributed by atoms with Gasteiger partial charge in [0, 0.05) is 17.4 Å². The zero-order chi connectivity index (χ0) is 20.1. The number of carbonyl (C=O) groups is 1. The molecule has 0 fully saturated rings. The summed E-state index contributed by atoms with van der Waals surface area (Å²) < 4.78 is 0. The molecule has 2 aromatic heterocycles. The van der Waals surface area contributed by atoms with Gasteiger partial charge < -0.3 is 0 Å². The number of carbonyl (C=O) groups excluding carboxylic acids is 1. The fourth-order valence-electron chi connectivity index (χ4n) is 2.91. The lowest BCUT2D eigenvalue weighted by Crippen LogP contribution is -2.26. The molecular formula is C21H20N6OS. The molecule has 4 rings (SSSR count). The number of tetrazole rings is 1. The van der Waals surface area contributed by atoms with Crippen LogP contribution in [0.2, 0.25) is 0 Å². The van der Waals surface area contributed by atoms with E-state index >= 15 is 0 Å². The van der Waals surface area contributed by atoms with Crippen molar-refractivity contribution in [2.45, 2.75) is 26.3 Å². The summed E-state index contributed by atoms with van der Waals surface area (Å²) in [6, 6.07) is 19.3. The van der Waals surface area contributed by atoms with Crippen molar-refractivity contribution in [3.05, 3.63) is 71.7 Å². The molecule has 0 radical (unpaired) electrons. The quantitative estimate of drug-likeness (QED) is 0.460. The largest absolute Gasteiger partial charge is 0.274 e. The molecule has 0 aliphatic rings. The van der Waals surface area contributed by atoms with Gasteiger partial charge in [-0.15, -0.1) is 21.5 Å². The van der Waals surface area contributed by atoms with Crippen molar-refractivity contribution in [2.75, 3.05) is 4.90 Å². The fraction of sp³-hybridized carbons (Fsp3) is 0.190. The Bertz CT molecular complexity index is 1080. The summed E-state index contributed by atoms with van der Waals surface area (Å²) in [7, 11) is 0. The smallest absolute Gasteiger partial charge is 0.233 e. The van der Waals surface area contributed by atoms with Gasteiger partial charge in [0.05, 0.1) is 17.9 Å². The van der Waals surface area contributed by atoms with Gasteiger partial charge in [-0.05, 0) is 30.7 Å². The number of thiazole rings is 1. The second-order valence-electron chi connectivity index (χ2n) is 6.51. The molecule has 146 valence electrons. The molecule has 0 aliphatic carbocycles. The second-order valence-corrected chi connectivity index (χ2v) is 7.35. The van der Waals surface area contributed by atoms with Crippen molar-refractivity contribution in [3.63, 3.8) is 0 Å². The van der Waals surface area contributed by atoms with Gasteiger partial charge in [0.15, 0.2) is 5.13 Å². The zero-order valence-corrected chi connectivity index (χ0v) is 16.8. The maximum absolute atomic E-state index is 13.0. The molecule has 7 nitrogen and oxygen atoms in total. The highest BCUT2D eigenvalue weighted by Crippen LogP contribution is 2.29. The van der Waals surface area contributed by atoms with Crippen LogP contribution in [0.15, 0.2) is 66.0 Å². The number of anilines is 2. The average molecular weight is 404 g/mol. The number of hydrogen-bond acceptors (Lipinski definition) is 6. The summed E-state index contributed by atoms with van der Waals surface area (Å²) >= 11 is 1.47. The summed E-state index contributed by atoms with van der Waals surface area (Å²) in [5, 5.41) is 15.2. The molecule has 0 saturated carbocycles. The normalized spacial score (nSPS) is 10.8. The molecule has 0 atom stereocenters. The highest BCUT2D eigenvalue weighted by molar-refractivity contribution is 7.14. The van der Waals surface area contributed by atoms with Crippen molar-refractivity contribution in [3.8, 4) is 11.4 Å². The second kappa shape index (κ2) is 8.74. The van der Waals surface area contributed by atoms with E-state index in [1.165, 1.54) is 16.1 Å². The van der Waals surface area contributed by atoms with Gasteiger partial charge in [-0.3, -0.25) is 9.69 Å². The van der Waals surface area contributed by atoms with E-state index in [4.69, 9.17) is 0 Å². The third-order valence-electron chi connectivity index (χ3n) is 4.30. The molecule has 0 saturated heterocycles. The number of hydrogen-bond donors (Lipinski definition) is 0. The van der Waals surface area contributed by atoms with Gasteiger partial charge in [-0.1, -0.05) is 48.5 Å². The van der Waals surface area contributed by atoms with E-state index < -0.39 is 0 Å². The van der Waals surface area contributed by atoms with E-state index in [-0.39, 0.29) is 5.91 Å². The Labute approximate surface area is 172 Å². The van der Waals surface area contributed by atoms with Crippen LogP contribution in [0.4, 0.5) is 10.8 Å². The Morgan fingerprint density at radius 3 is 2.48 bits per heavy atom. The Morgan fingerprint density at radius 1 is 1.07 bits per heavy atom. The van der Waals surface area contributed by atoms with Crippen LogP contribution in [-0.2, 0) is 11.3 Å². The van der Waals surface area contributed by atoms with Crippen LogP contribution >= 0.6 is 11.3 Å². The molecule has 2 aromatic carbocycles. The Morgan fingerprint density at radius 2 is 1.79 bits per heavy atom. The number of rotatable bonds is 7. The maximum Gasteiger partial charge on any atom is 0.233 e. The minimum atomic E-state index is -0.00560. The maximum atomic E-state index is 13.0. The molecule has 2 heterocycles. The van der Waals surface area contributed by atoms with E-state index in [2.05, 4.69) is 20.4 Å². The summed E-state index contributed by atoms with van der Waals surface area (Å²) in [4.78, 5) is 20.7. The lowest BCUT2D eigenvalue weighted by atomic mass is 10.2. The van der Waals surface area contributed by atoms with Crippen molar-refractivity contribution in [1.82, 2.24) is 25.2 Å². The number of aromatic nitrogens is 5. The summed E-state index contributed by atoms with van der Waals surface area (Å²) in [6.45, 7) is 2.44. The number of para-hydroxylation sites is 1. The molecule has 0 aliphatic heterocycles. The van der Waals surface area contributed by atoms with Crippen LogP contribution in [0.3, 0.4) is 0 Å². The monoisotopic (exact) mass is 404 g/mol. The first kappa shape index (κ1) is 18.9. The van der Waals surface area contributed by atoms with Gasteiger partial charge in [0.2, 0.25) is 11.7 Å². The van der Waals surface area contributed by atoms with E-state index in [0.29, 0.717) is 30.3 Å². The Kier molecular flexibility index (Phi) is 5.71. The molecule has 29 heavy (non-hydrogen) atoms. The first-order valence-corrected chi connectivity index (χ1v) is 10.2. The molecular weight excluding hydrogens is 384 g/mol. The molecule has 0 N–H and O–H groups in total. The standard InChI is InChI=1S/C21H20N6OS/c1-16-15-29-21(22-16)27(18-11-6-3-7-12-18)19(28)13-8-14-26-24-20(23-25-26)17-9-4-2-5-10-17/h2-7,9-12,15H,8,13-14H2,1H3. The Balaban J connectivity index is 1.42. The zero-order valence-electron chi connectivity index (χ0n) is 16.0. The highest BCUT2D eigenvalue weighted by atomic mass is 32.1. The first-order valence-electron chi connectivity index (χ1n) is 9.34. The van der Waals surface area contributed by atoms with Crippen molar-refractivity contribution in [1.29, 1.82) is 0 Å². The minimum absolute atomic E-state index is 0.00560. The van der Waals surface area contributed by atoms with Gasteiger partial charge in [-0.2, -0.15) is 4.80 Å². The predicted octanol–water partition coefficient (Wildman–Crippen LogP) is 4.25. The van der Waals surface area contributed by atoms with E-state index in [1.807, 2.05) is 73.0 Å². The molecule has 8 heteroatoms. The SMILES string of the molecule is Cc1csc(N(C(=O)CCCn2nnc(-c3ccccc3)n2)c2ccccc2)n1. The highest BCUT2D eigenvalue weighted by Gasteiger charge is 2.20. The number of amides is 1. The van der Waals surface area contributed by atoms with Crippen LogP contribution in [0, 0.1) is 6.92 Å². The van der Waals surface area contributed by atoms with Crippen molar-refractivity contribution >= 4 is 28.1 Å². The number of benzene rings is 2. The average Bonchev–Trinajstić information content (AvgIpc) is 3.39. The molecule has 0 spiro atoms. The van der Waals surface area contributed by atoms with Crippen LogP contribution < -0.4 is 4.90 Å². The molecule has 1 amide bonds. The third-order valence-corrected chi connectivity index (χ3v) is 5.24. The molecule has 0 bridgehead atoms. The topological polar surface area (TPSA) is 76.8 Å². The Hall–Kier alpha value is -3.39. The summed E-state index contributed by atoms with van der Waals surface area (Å²) in [5.74, 6) is 0.579. The van der Waals surface area contributed by atoms with Crippen LogP contribution in [0.25, 0.3) is 11.4 Å². The van der Waals surface area contributed by atoms with Crippen molar-refractivity contribution < 1.29 is 4.79 Å². The van der Waals surface area contributed by atoms with Crippen LogP contribution in [-0.4, -0.2) is 31.1 Å². The number of aryl methyl sites for hydroxylation is 2. The molecule has 4 aromatic rings. The van der Waals surface area contributed by atoms with Gasteiger partial charge in [-0.25, -0.2) is 4.98 Å². The van der Waals surface area contributed by atoms with E-state index in [0.717, 1.165) is 16.9 Å². The number of nitrogens with zero attached hydrogens (tertiary/aromatic N) is 6. The van der Waals surface area contributed by atoms with Gasteiger partial charge in [0.1, 0.15) is 0 Å². The van der Waals surface area contributed by atoms with Crippen LogP contribution in [0.1, 0.15) is 18.5 Å². The van der Waals surface area contributed by atoms with Crippen molar-refractivity contribution in [2.24, 2.45) is 0 Å². The minimum Gasteiger partial charge on any atom is -0.274 e. The predicted molar refractivity (Wildman–Crippen MR) is 113 cm³/mol. The molecule has 0 unspecified atom stereocenters. The first-order chi connectivity index (χ1) is 14.2. The lowest BCUT2D eigenvalue weighted by Gasteiger charge is -2.20. The lowest BCUT2D eigenvalue weighted by molar-refractivity contribution is -0.118. The van der Waals surface area contributed by atoms with Crippen LogP contribution in [0.5, 0.6) is 0 Å². The van der Waals surface area contributed by atoms with Gasteiger partial charge in [0.25, 0.3) is 0 Å².